The van der Waals surface area contributed by atoms with Gasteiger partial charge in [0.1, 0.15) is 5.60 Å². The minimum absolute atomic E-state index is 0.0823. The minimum atomic E-state index is -0.566. The molecule has 0 saturated carbocycles. The summed E-state index contributed by atoms with van der Waals surface area (Å²) in [4.78, 5) is 28.6. The summed E-state index contributed by atoms with van der Waals surface area (Å²) in [6.07, 6.45) is -0.524. The lowest BCUT2D eigenvalue weighted by atomic mass is 10.1. The van der Waals surface area contributed by atoms with Crippen LogP contribution in [0, 0.1) is 0 Å². The molecule has 0 unspecified atom stereocenters. The second-order valence-electron chi connectivity index (χ2n) is 8.63. The normalized spacial score (nSPS) is 14.1. The number of hydrogen-bond acceptors (Lipinski definition) is 5. The van der Waals surface area contributed by atoms with Gasteiger partial charge in [0.05, 0.1) is 13.2 Å². The highest BCUT2D eigenvalue weighted by molar-refractivity contribution is 5.95. The van der Waals surface area contributed by atoms with E-state index in [-0.39, 0.29) is 5.91 Å². The third-order valence-corrected chi connectivity index (χ3v) is 4.86. The number of nitrogens with zero attached hydrogens (tertiary/aromatic N) is 2. The number of carbonyl (C=O) groups is 2. The molecule has 2 amide bonds. The highest BCUT2D eigenvalue weighted by atomic mass is 16.6. The summed E-state index contributed by atoms with van der Waals surface area (Å²) in [5.41, 5.74) is 2.81. The molecule has 1 heterocycles. The van der Waals surface area contributed by atoms with Crippen molar-refractivity contribution in [3.8, 4) is 0 Å². The van der Waals surface area contributed by atoms with Crippen molar-refractivity contribution in [2.24, 2.45) is 0 Å². The third-order valence-electron chi connectivity index (χ3n) is 4.86. The zero-order valence-electron chi connectivity index (χ0n) is 18.7. The van der Waals surface area contributed by atoms with Gasteiger partial charge in [-0.05, 0) is 62.7 Å². The Kier molecular flexibility index (Phi) is 7.17. The summed E-state index contributed by atoms with van der Waals surface area (Å²) < 4.78 is 10.6. The molecule has 0 aromatic heterocycles. The highest BCUT2D eigenvalue weighted by Crippen LogP contribution is 2.19. The van der Waals surface area contributed by atoms with Gasteiger partial charge in [-0.3, -0.25) is 10.1 Å². The Balaban J connectivity index is 1.55. The summed E-state index contributed by atoms with van der Waals surface area (Å²) in [6.45, 7) is 9.24. The van der Waals surface area contributed by atoms with Gasteiger partial charge in [-0.15, -0.1) is 0 Å². The van der Waals surface area contributed by atoms with E-state index in [1.807, 2.05) is 0 Å². The Morgan fingerprint density at radius 3 is 2.23 bits per heavy atom. The van der Waals surface area contributed by atoms with Crippen LogP contribution in [0.2, 0.25) is 0 Å². The van der Waals surface area contributed by atoms with Crippen molar-refractivity contribution in [2.75, 3.05) is 43.6 Å². The van der Waals surface area contributed by atoms with Crippen molar-refractivity contribution in [3.63, 3.8) is 0 Å². The topological polar surface area (TPSA) is 71.1 Å². The van der Waals surface area contributed by atoms with Crippen molar-refractivity contribution in [1.82, 2.24) is 4.90 Å². The summed E-state index contributed by atoms with van der Waals surface area (Å²) >= 11 is 0. The van der Waals surface area contributed by atoms with Crippen LogP contribution in [0.25, 0.3) is 0 Å². The predicted octanol–water partition coefficient (Wildman–Crippen LogP) is 4.14. The fraction of sp³-hybridized carbons (Fsp3) is 0.417. The standard InChI is InChI=1S/C24H31N3O4/c1-24(2,3)31-23(29)25-20-9-7-19(8-10-20)22(28)26(4)17-18-5-11-21(12-6-18)27-13-15-30-16-14-27/h5-12H,13-17H2,1-4H3,(H,25,29). The van der Waals surface area contributed by atoms with E-state index >= 15 is 0 Å². The fourth-order valence-electron chi connectivity index (χ4n) is 3.32. The van der Waals surface area contributed by atoms with Crippen LogP contribution in [0.3, 0.4) is 0 Å². The van der Waals surface area contributed by atoms with Crippen molar-refractivity contribution in [1.29, 1.82) is 0 Å². The maximum atomic E-state index is 12.8. The molecule has 1 saturated heterocycles. The third kappa shape index (κ3) is 6.72. The molecule has 0 atom stereocenters. The van der Waals surface area contributed by atoms with Gasteiger partial charge in [0, 0.05) is 43.6 Å². The van der Waals surface area contributed by atoms with Gasteiger partial charge in [0.25, 0.3) is 5.91 Å². The number of nitrogens with one attached hydrogen (secondary N) is 1. The molecule has 2 aromatic rings. The smallest absolute Gasteiger partial charge is 0.412 e. The van der Waals surface area contributed by atoms with Crippen molar-refractivity contribution in [2.45, 2.75) is 32.9 Å². The molecule has 0 radical (unpaired) electrons. The van der Waals surface area contributed by atoms with Crippen LogP contribution in [0.5, 0.6) is 0 Å². The zero-order chi connectivity index (χ0) is 22.4. The maximum absolute atomic E-state index is 12.8. The van der Waals surface area contributed by atoms with Crippen LogP contribution >= 0.6 is 0 Å². The van der Waals surface area contributed by atoms with E-state index in [0.717, 1.165) is 31.9 Å². The van der Waals surface area contributed by atoms with Crippen LogP contribution in [-0.2, 0) is 16.0 Å². The lowest BCUT2D eigenvalue weighted by molar-refractivity contribution is 0.0635. The molecule has 7 heteroatoms. The number of benzene rings is 2. The van der Waals surface area contributed by atoms with Crippen molar-refractivity contribution >= 4 is 23.4 Å². The minimum Gasteiger partial charge on any atom is -0.444 e. The van der Waals surface area contributed by atoms with E-state index in [0.29, 0.717) is 17.8 Å². The van der Waals surface area contributed by atoms with Gasteiger partial charge >= 0.3 is 6.09 Å². The molecule has 0 spiro atoms. The molecule has 31 heavy (non-hydrogen) atoms. The van der Waals surface area contributed by atoms with Gasteiger partial charge < -0.3 is 19.3 Å². The summed E-state index contributed by atoms with van der Waals surface area (Å²) in [5, 5.41) is 2.67. The first-order valence-corrected chi connectivity index (χ1v) is 10.5. The lowest BCUT2D eigenvalue weighted by Crippen LogP contribution is -2.36. The van der Waals surface area contributed by atoms with E-state index in [4.69, 9.17) is 9.47 Å². The van der Waals surface area contributed by atoms with Gasteiger partial charge in [-0.25, -0.2) is 4.79 Å². The van der Waals surface area contributed by atoms with Crippen LogP contribution in [-0.4, -0.2) is 55.9 Å². The van der Waals surface area contributed by atoms with Crippen LogP contribution in [0.4, 0.5) is 16.2 Å². The largest absolute Gasteiger partial charge is 0.444 e. The number of morpholine rings is 1. The van der Waals surface area contributed by atoms with E-state index in [2.05, 4.69) is 34.5 Å². The molecule has 3 rings (SSSR count). The first-order valence-electron chi connectivity index (χ1n) is 10.5. The Bertz CT molecular complexity index is 883. The average Bonchev–Trinajstić information content (AvgIpc) is 2.73. The van der Waals surface area contributed by atoms with E-state index in [1.54, 1.807) is 57.0 Å². The number of carbonyl (C=O) groups excluding carboxylic acids is 2. The number of hydrogen-bond donors (Lipinski definition) is 1. The van der Waals surface area contributed by atoms with E-state index in [1.165, 1.54) is 5.69 Å². The Hall–Kier alpha value is -3.06. The fourth-order valence-corrected chi connectivity index (χ4v) is 3.32. The molecule has 0 bridgehead atoms. The van der Waals surface area contributed by atoms with E-state index < -0.39 is 11.7 Å². The number of amides is 2. The average molecular weight is 426 g/mol. The molecular formula is C24H31N3O4. The molecule has 166 valence electrons. The summed E-state index contributed by atoms with van der Waals surface area (Å²) in [6, 6.07) is 15.1. The molecule has 1 aliphatic rings. The molecule has 1 aliphatic heterocycles. The SMILES string of the molecule is CN(Cc1ccc(N2CCOCC2)cc1)C(=O)c1ccc(NC(=O)OC(C)(C)C)cc1. The summed E-state index contributed by atoms with van der Waals surface area (Å²) in [5.74, 6) is -0.0823. The first-order chi connectivity index (χ1) is 14.7. The van der Waals surface area contributed by atoms with Crippen LogP contribution in [0.15, 0.2) is 48.5 Å². The maximum Gasteiger partial charge on any atom is 0.412 e. The van der Waals surface area contributed by atoms with Gasteiger partial charge in [0.15, 0.2) is 0 Å². The molecule has 7 nitrogen and oxygen atoms in total. The molecule has 1 fully saturated rings. The van der Waals surface area contributed by atoms with Gasteiger partial charge in [0.2, 0.25) is 0 Å². The molecule has 1 N–H and O–H groups in total. The first kappa shape index (κ1) is 22.6. The van der Waals surface area contributed by atoms with Gasteiger partial charge in [-0.2, -0.15) is 0 Å². The van der Waals surface area contributed by atoms with Crippen LogP contribution < -0.4 is 10.2 Å². The highest BCUT2D eigenvalue weighted by Gasteiger charge is 2.17. The second-order valence-corrected chi connectivity index (χ2v) is 8.63. The van der Waals surface area contributed by atoms with Crippen molar-refractivity contribution in [3.05, 3.63) is 59.7 Å². The number of anilines is 2. The lowest BCUT2D eigenvalue weighted by Gasteiger charge is -2.29. The second kappa shape index (κ2) is 9.83. The Morgan fingerprint density at radius 1 is 1.03 bits per heavy atom. The van der Waals surface area contributed by atoms with Gasteiger partial charge in [-0.1, -0.05) is 12.1 Å². The number of rotatable bonds is 5. The van der Waals surface area contributed by atoms with Crippen LogP contribution in [0.1, 0.15) is 36.7 Å². The van der Waals surface area contributed by atoms with Crippen molar-refractivity contribution < 1.29 is 19.1 Å². The Labute approximate surface area is 183 Å². The zero-order valence-corrected chi connectivity index (χ0v) is 18.7. The molecule has 2 aromatic carbocycles. The number of ether oxygens (including phenoxy) is 2. The quantitative estimate of drug-likeness (QED) is 0.780. The monoisotopic (exact) mass is 425 g/mol. The molecule has 0 aliphatic carbocycles. The summed E-state index contributed by atoms with van der Waals surface area (Å²) in [7, 11) is 1.78. The Morgan fingerprint density at radius 2 is 1.65 bits per heavy atom. The molecular weight excluding hydrogens is 394 g/mol. The van der Waals surface area contributed by atoms with E-state index in [9.17, 15) is 9.59 Å². The predicted molar refractivity (Wildman–Crippen MR) is 122 cm³/mol.